The minimum Gasteiger partial charge on any atom is -0.464 e. The summed E-state index contributed by atoms with van der Waals surface area (Å²) in [6, 6.07) is 15.4. The number of aromatic nitrogens is 2. The van der Waals surface area contributed by atoms with E-state index < -0.39 is 0 Å². The van der Waals surface area contributed by atoms with Crippen LogP contribution in [0.25, 0.3) is 11.0 Å². The van der Waals surface area contributed by atoms with E-state index in [0.29, 0.717) is 37.6 Å². The zero-order valence-corrected chi connectivity index (χ0v) is 18.4. The predicted octanol–water partition coefficient (Wildman–Crippen LogP) is 4.65. The molecule has 5 rings (SSSR count). The quantitative estimate of drug-likeness (QED) is 0.447. The molecule has 1 fully saturated rings. The van der Waals surface area contributed by atoms with Gasteiger partial charge in [-0.05, 0) is 55.3 Å². The van der Waals surface area contributed by atoms with Crippen LogP contribution >= 0.6 is 0 Å². The lowest BCUT2D eigenvalue weighted by Gasteiger charge is -2.24. The molecule has 0 N–H and O–H groups in total. The molecule has 0 unspecified atom stereocenters. The number of rotatable bonds is 5. The largest absolute Gasteiger partial charge is 0.464 e. The number of carbonyl (C=O) groups is 1. The van der Waals surface area contributed by atoms with Crippen molar-refractivity contribution in [2.75, 3.05) is 26.3 Å². The molecule has 7 nitrogen and oxygen atoms in total. The van der Waals surface area contributed by atoms with Crippen LogP contribution in [0, 0.1) is 12.8 Å². The number of nitrogens with zero attached hydrogens (tertiary/aromatic N) is 3. The normalized spacial score (nSPS) is 16.5. The van der Waals surface area contributed by atoms with Crippen LogP contribution in [0.15, 0.2) is 71.6 Å². The van der Waals surface area contributed by atoms with E-state index in [1.807, 2.05) is 30.0 Å². The Labute approximate surface area is 192 Å². The Morgan fingerprint density at radius 2 is 2.12 bits per heavy atom. The number of aryl methyl sites for hydroxylation is 1. The summed E-state index contributed by atoms with van der Waals surface area (Å²) in [7, 11) is 0. The van der Waals surface area contributed by atoms with Gasteiger partial charge in [-0.2, -0.15) is 0 Å². The van der Waals surface area contributed by atoms with Crippen molar-refractivity contribution in [1.82, 2.24) is 14.9 Å². The second-order valence-electron chi connectivity index (χ2n) is 8.28. The predicted molar refractivity (Wildman–Crippen MR) is 123 cm³/mol. The van der Waals surface area contributed by atoms with Crippen LogP contribution < -0.4 is 4.74 Å². The van der Waals surface area contributed by atoms with Crippen LogP contribution in [-0.2, 0) is 11.2 Å². The van der Waals surface area contributed by atoms with Crippen LogP contribution in [0.4, 0.5) is 0 Å². The summed E-state index contributed by atoms with van der Waals surface area (Å²) in [5, 5.41) is 1.08. The van der Waals surface area contributed by atoms with E-state index >= 15 is 0 Å². The Kier molecular flexibility index (Phi) is 6.04. The first-order valence-corrected chi connectivity index (χ1v) is 11.0. The lowest BCUT2D eigenvalue weighted by atomic mass is 9.98. The lowest BCUT2D eigenvalue weighted by Crippen LogP contribution is -2.36. The summed E-state index contributed by atoms with van der Waals surface area (Å²) in [4.78, 5) is 23.9. The second-order valence-corrected chi connectivity index (χ2v) is 8.28. The number of pyridine rings is 2. The number of hydrogen-bond acceptors (Lipinski definition) is 6. The standard InChI is InChI=1S/C26H25N3O4/c1-18-4-7-22(15-28-18)33-25-23(3-2-9-27-25)26(30)29-10-12-31-17-20(16-29)13-19-5-6-21-8-11-32-24(21)14-19/h2-9,11,14-15,20H,10,12-13,16-17H2,1H3/t20-/m0/s1. The van der Waals surface area contributed by atoms with E-state index in [0.717, 1.165) is 28.6 Å². The van der Waals surface area contributed by atoms with Gasteiger partial charge in [0.2, 0.25) is 5.88 Å². The van der Waals surface area contributed by atoms with Gasteiger partial charge in [0.25, 0.3) is 5.91 Å². The average molecular weight is 444 g/mol. The highest BCUT2D eigenvalue weighted by Gasteiger charge is 2.26. The summed E-state index contributed by atoms with van der Waals surface area (Å²) in [6.07, 6.45) is 5.74. The van der Waals surface area contributed by atoms with Gasteiger partial charge in [-0.15, -0.1) is 0 Å². The summed E-state index contributed by atoms with van der Waals surface area (Å²) in [5.74, 6) is 0.873. The van der Waals surface area contributed by atoms with Crippen LogP contribution in [-0.4, -0.2) is 47.1 Å². The Hall–Kier alpha value is -3.71. The van der Waals surface area contributed by atoms with E-state index in [4.69, 9.17) is 13.9 Å². The van der Waals surface area contributed by atoms with Gasteiger partial charge in [0.05, 0.1) is 25.7 Å². The molecule has 0 radical (unpaired) electrons. The van der Waals surface area contributed by atoms with Crippen molar-refractivity contribution in [3.05, 3.63) is 84.0 Å². The Balaban J connectivity index is 1.32. The first-order chi connectivity index (χ1) is 16.2. The minimum absolute atomic E-state index is 0.116. The van der Waals surface area contributed by atoms with E-state index in [1.54, 1.807) is 30.8 Å². The smallest absolute Gasteiger partial charge is 0.259 e. The van der Waals surface area contributed by atoms with Crippen LogP contribution in [0.2, 0.25) is 0 Å². The number of hydrogen-bond donors (Lipinski definition) is 0. The molecule has 7 heteroatoms. The molecule has 1 aromatic carbocycles. The number of ether oxygens (including phenoxy) is 2. The van der Waals surface area contributed by atoms with Gasteiger partial charge >= 0.3 is 0 Å². The highest BCUT2D eigenvalue weighted by molar-refractivity contribution is 5.96. The minimum atomic E-state index is -0.116. The van der Waals surface area contributed by atoms with Crippen molar-refractivity contribution in [1.29, 1.82) is 0 Å². The summed E-state index contributed by atoms with van der Waals surface area (Å²) < 4.78 is 17.3. The van der Waals surface area contributed by atoms with E-state index in [1.165, 1.54) is 0 Å². The van der Waals surface area contributed by atoms with Gasteiger partial charge in [-0.1, -0.05) is 12.1 Å². The molecule has 1 aliphatic rings. The van der Waals surface area contributed by atoms with E-state index in [2.05, 4.69) is 28.2 Å². The van der Waals surface area contributed by atoms with Crippen molar-refractivity contribution in [3.8, 4) is 11.6 Å². The SMILES string of the molecule is Cc1ccc(Oc2ncccc2C(=O)N2CCOC[C@@H](Cc3ccc4ccoc4c3)C2)cn1. The second kappa shape index (κ2) is 9.42. The molecule has 1 amide bonds. The van der Waals surface area contributed by atoms with Gasteiger partial charge in [0.15, 0.2) is 0 Å². The Bertz CT molecular complexity index is 1250. The molecule has 168 valence electrons. The van der Waals surface area contributed by atoms with Crippen molar-refractivity contribution in [2.24, 2.45) is 5.92 Å². The molecule has 1 aliphatic heterocycles. The van der Waals surface area contributed by atoms with Crippen LogP contribution in [0.5, 0.6) is 11.6 Å². The van der Waals surface area contributed by atoms with Gasteiger partial charge < -0.3 is 18.8 Å². The highest BCUT2D eigenvalue weighted by atomic mass is 16.5. The lowest BCUT2D eigenvalue weighted by molar-refractivity contribution is 0.0734. The molecular weight excluding hydrogens is 418 g/mol. The molecule has 0 saturated carbocycles. The van der Waals surface area contributed by atoms with E-state index in [-0.39, 0.29) is 17.7 Å². The van der Waals surface area contributed by atoms with Crippen molar-refractivity contribution >= 4 is 16.9 Å². The molecular formula is C26H25N3O4. The summed E-state index contributed by atoms with van der Waals surface area (Å²) >= 11 is 0. The fourth-order valence-electron chi connectivity index (χ4n) is 4.08. The maximum Gasteiger partial charge on any atom is 0.259 e. The van der Waals surface area contributed by atoms with E-state index in [9.17, 15) is 4.79 Å². The van der Waals surface area contributed by atoms with Crippen molar-refractivity contribution in [2.45, 2.75) is 13.3 Å². The van der Waals surface area contributed by atoms with Gasteiger partial charge in [0.1, 0.15) is 16.9 Å². The number of amides is 1. The number of fused-ring (bicyclic) bond motifs is 1. The third kappa shape index (κ3) is 4.88. The Morgan fingerprint density at radius 3 is 3.00 bits per heavy atom. The highest BCUT2D eigenvalue weighted by Crippen LogP contribution is 2.25. The fourth-order valence-corrected chi connectivity index (χ4v) is 4.08. The topological polar surface area (TPSA) is 77.7 Å². The Morgan fingerprint density at radius 1 is 1.18 bits per heavy atom. The molecule has 0 spiro atoms. The van der Waals surface area contributed by atoms with Gasteiger partial charge in [-0.3, -0.25) is 9.78 Å². The fraction of sp³-hybridized carbons (Fsp3) is 0.269. The van der Waals surface area contributed by atoms with Crippen LogP contribution in [0.3, 0.4) is 0 Å². The zero-order valence-electron chi connectivity index (χ0n) is 18.4. The molecule has 0 aliphatic carbocycles. The maximum absolute atomic E-state index is 13.5. The third-order valence-corrected chi connectivity index (χ3v) is 5.77. The monoisotopic (exact) mass is 443 g/mol. The summed E-state index contributed by atoms with van der Waals surface area (Å²) in [6.45, 7) is 4.12. The number of carbonyl (C=O) groups excluding carboxylic acids is 1. The zero-order chi connectivity index (χ0) is 22.6. The third-order valence-electron chi connectivity index (χ3n) is 5.77. The molecule has 33 heavy (non-hydrogen) atoms. The average Bonchev–Trinajstić information content (AvgIpc) is 3.18. The number of benzene rings is 1. The van der Waals surface area contributed by atoms with Crippen molar-refractivity contribution in [3.63, 3.8) is 0 Å². The summed E-state index contributed by atoms with van der Waals surface area (Å²) in [5.41, 5.74) is 3.35. The van der Waals surface area contributed by atoms with Crippen molar-refractivity contribution < 1.29 is 18.7 Å². The molecule has 4 aromatic rings. The van der Waals surface area contributed by atoms with Crippen LogP contribution in [0.1, 0.15) is 21.6 Å². The molecule has 3 aromatic heterocycles. The maximum atomic E-state index is 13.5. The first kappa shape index (κ1) is 21.2. The van der Waals surface area contributed by atoms with Gasteiger partial charge in [-0.25, -0.2) is 4.98 Å². The first-order valence-electron chi connectivity index (χ1n) is 11.0. The molecule has 1 saturated heterocycles. The molecule has 4 heterocycles. The molecule has 1 atom stereocenters. The van der Waals surface area contributed by atoms with Gasteiger partial charge in [0, 0.05) is 36.3 Å². The number of furan rings is 1. The molecule has 0 bridgehead atoms.